The fourth-order valence-electron chi connectivity index (χ4n) is 4.95. The standard InChI is InChI=1S/C30H33F2NO5/c1-30(2,23-14-24(31)16-25(32)15-23)38-26-6-4-18(5-7-26)19(8-9-34)10-21-11-22-17-33-27(29(36)37-3)12-20(22)13-28(21)35/h4-7,11,13-16,19,27,33-35H,8-10,12,17H2,1-3H3/t19?,27-/m0/s1. The first-order valence-corrected chi connectivity index (χ1v) is 12.6. The third-order valence-corrected chi connectivity index (χ3v) is 7.08. The lowest BCUT2D eigenvalue weighted by atomic mass is 9.86. The number of methoxy groups -OCH3 is 1. The number of aliphatic hydroxyl groups excluding tert-OH is 1. The van der Waals surface area contributed by atoms with Crippen molar-refractivity contribution >= 4 is 5.97 Å². The Morgan fingerprint density at radius 3 is 2.39 bits per heavy atom. The lowest BCUT2D eigenvalue weighted by molar-refractivity contribution is -0.143. The Balaban J connectivity index is 1.50. The van der Waals surface area contributed by atoms with Crippen LogP contribution in [-0.2, 0) is 34.5 Å². The second-order valence-corrected chi connectivity index (χ2v) is 10.2. The van der Waals surface area contributed by atoms with E-state index in [0.29, 0.717) is 37.1 Å². The van der Waals surface area contributed by atoms with Crippen LogP contribution in [-0.4, -0.2) is 35.9 Å². The number of aliphatic hydroxyl groups is 1. The van der Waals surface area contributed by atoms with Crippen LogP contribution in [0, 0.1) is 11.6 Å². The van der Waals surface area contributed by atoms with E-state index >= 15 is 0 Å². The van der Waals surface area contributed by atoms with Gasteiger partial charge in [0.05, 0.1) is 7.11 Å². The highest BCUT2D eigenvalue weighted by molar-refractivity contribution is 5.76. The molecule has 38 heavy (non-hydrogen) atoms. The summed E-state index contributed by atoms with van der Waals surface area (Å²) < 4.78 is 38.3. The molecule has 0 fully saturated rings. The number of halogens is 2. The van der Waals surface area contributed by atoms with E-state index in [1.807, 2.05) is 18.2 Å². The summed E-state index contributed by atoms with van der Waals surface area (Å²) in [6.45, 7) is 3.95. The predicted octanol–water partition coefficient (Wildman–Crippen LogP) is 4.88. The van der Waals surface area contributed by atoms with Gasteiger partial charge < -0.3 is 25.0 Å². The number of ether oxygens (including phenoxy) is 2. The Hall–Kier alpha value is -3.49. The summed E-state index contributed by atoms with van der Waals surface area (Å²) in [5.41, 5.74) is 3.05. The van der Waals surface area contributed by atoms with Crippen molar-refractivity contribution in [3.63, 3.8) is 0 Å². The minimum atomic E-state index is -0.967. The van der Waals surface area contributed by atoms with Gasteiger partial charge in [-0.15, -0.1) is 0 Å². The molecule has 1 aliphatic heterocycles. The molecule has 0 aromatic heterocycles. The molecule has 0 spiro atoms. The highest BCUT2D eigenvalue weighted by atomic mass is 19.1. The van der Waals surface area contributed by atoms with Gasteiger partial charge in [-0.3, -0.25) is 4.79 Å². The van der Waals surface area contributed by atoms with E-state index in [9.17, 15) is 23.8 Å². The van der Waals surface area contributed by atoms with Crippen LogP contribution in [0.4, 0.5) is 8.78 Å². The molecule has 202 valence electrons. The molecule has 2 atom stereocenters. The molecule has 1 heterocycles. The molecular formula is C30H33F2NO5. The van der Waals surface area contributed by atoms with Crippen molar-refractivity contribution in [3.05, 3.63) is 94.0 Å². The third-order valence-electron chi connectivity index (χ3n) is 7.08. The van der Waals surface area contributed by atoms with E-state index in [2.05, 4.69) is 5.32 Å². The average molecular weight is 526 g/mol. The molecular weight excluding hydrogens is 492 g/mol. The maximum atomic E-state index is 13.7. The van der Waals surface area contributed by atoms with Gasteiger partial charge >= 0.3 is 5.97 Å². The van der Waals surface area contributed by atoms with Gasteiger partial charge in [0.25, 0.3) is 0 Å². The van der Waals surface area contributed by atoms with Crippen LogP contribution < -0.4 is 10.1 Å². The maximum Gasteiger partial charge on any atom is 0.323 e. The van der Waals surface area contributed by atoms with Crippen molar-refractivity contribution in [1.29, 1.82) is 0 Å². The summed E-state index contributed by atoms with van der Waals surface area (Å²) in [7, 11) is 1.35. The molecule has 1 unspecified atom stereocenters. The molecule has 6 nitrogen and oxygen atoms in total. The second kappa shape index (κ2) is 11.5. The van der Waals surface area contributed by atoms with Gasteiger partial charge in [0.1, 0.15) is 34.8 Å². The largest absolute Gasteiger partial charge is 0.508 e. The molecule has 8 heteroatoms. The summed E-state index contributed by atoms with van der Waals surface area (Å²) in [6, 6.07) is 13.9. The summed E-state index contributed by atoms with van der Waals surface area (Å²) in [4.78, 5) is 11.9. The van der Waals surface area contributed by atoms with E-state index in [0.717, 1.165) is 28.3 Å². The first-order valence-electron chi connectivity index (χ1n) is 12.6. The predicted molar refractivity (Wildman–Crippen MR) is 139 cm³/mol. The Kier molecular flexibility index (Phi) is 8.33. The molecule has 0 radical (unpaired) electrons. The number of fused-ring (bicyclic) bond motifs is 1. The molecule has 1 aliphatic rings. The van der Waals surface area contributed by atoms with Gasteiger partial charge in [0.15, 0.2) is 0 Å². The molecule has 3 N–H and O–H groups in total. The Labute approximate surface area is 221 Å². The first kappa shape index (κ1) is 27.5. The summed E-state index contributed by atoms with van der Waals surface area (Å²) >= 11 is 0. The number of esters is 1. The maximum absolute atomic E-state index is 13.7. The quantitative estimate of drug-likeness (QED) is 0.345. The molecule has 0 amide bonds. The van der Waals surface area contributed by atoms with Crippen molar-refractivity contribution < 1.29 is 33.3 Å². The van der Waals surface area contributed by atoms with Crippen LogP contribution in [0.1, 0.15) is 54.0 Å². The van der Waals surface area contributed by atoms with Gasteiger partial charge in [-0.1, -0.05) is 18.2 Å². The highest BCUT2D eigenvalue weighted by Crippen LogP contribution is 2.34. The van der Waals surface area contributed by atoms with Gasteiger partial charge in [-0.2, -0.15) is 0 Å². The smallest absolute Gasteiger partial charge is 0.323 e. The van der Waals surface area contributed by atoms with Gasteiger partial charge in [-0.05, 0) is 91.6 Å². The minimum Gasteiger partial charge on any atom is -0.508 e. The molecule has 0 saturated heterocycles. The number of carbonyl (C=O) groups excluding carboxylic acids is 1. The summed E-state index contributed by atoms with van der Waals surface area (Å²) in [5.74, 6) is -1.04. The number of rotatable bonds is 9. The lowest BCUT2D eigenvalue weighted by Crippen LogP contribution is -2.42. The fraction of sp³-hybridized carbons (Fsp3) is 0.367. The number of carbonyl (C=O) groups is 1. The van der Waals surface area contributed by atoms with E-state index in [-0.39, 0.29) is 24.2 Å². The average Bonchev–Trinajstić information content (AvgIpc) is 2.87. The Morgan fingerprint density at radius 2 is 1.76 bits per heavy atom. The van der Waals surface area contributed by atoms with Gasteiger partial charge in [0, 0.05) is 24.8 Å². The van der Waals surface area contributed by atoms with Crippen LogP contribution >= 0.6 is 0 Å². The van der Waals surface area contributed by atoms with E-state index in [1.165, 1.54) is 19.2 Å². The van der Waals surface area contributed by atoms with Crippen LogP contribution in [0.2, 0.25) is 0 Å². The zero-order valence-corrected chi connectivity index (χ0v) is 21.8. The molecule has 0 saturated carbocycles. The number of aromatic hydroxyl groups is 1. The topological polar surface area (TPSA) is 88.0 Å². The monoisotopic (exact) mass is 525 g/mol. The molecule has 3 aromatic carbocycles. The Morgan fingerprint density at radius 1 is 1.08 bits per heavy atom. The summed E-state index contributed by atoms with van der Waals surface area (Å²) in [6.07, 6.45) is 1.44. The van der Waals surface area contributed by atoms with Gasteiger partial charge in [0.2, 0.25) is 0 Å². The Bertz CT molecular complexity index is 1270. The molecule has 0 bridgehead atoms. The number of benzene rings is 3. The van der Waals surface area contributed by atoms with E-state index < -0.39 is 23.3 Å². The van der Waals surface area contributed by atoms with Crippen LogP contribution in [0.25, 0.3) is 0 Å². The van der Waals surface area contributed by atoms with E-state index in [4.69, 9.17) is 9.47 Å². The van der Waals surface area contributed by atoms with Gasteiger partial charge in [-0.25, -0.2) is 8.78 Å². The fourth-order valence-corrected chi connectivity index (χ4v) is 4.95. The van der Waals surface area contributed by atoms with Crippen molar-refractivity contribution in [2.24, 2.45) is 0 Å². The zero-order chi connectivity index (χ0) is 27.4. The van der Waals surface area contributed by atoms with Crippen molar-refractivity contribution in [2.45, 2.75) is 57.2 Å². The van der Waals surface area contributed by atoms with Crippen molar-refractivity contribution in [1.82, 2.24) is 5.32 Å². The number of phenols is 1. The number of hydrogen-bond donors (Lipinski definition) is 3. The first-order chi connectivity index (χ1) is 18.1. The van der Waals surface area contributed by atoms with E-state index in [1.54, 1.807) is 32.0 Å². The van der Waals surface area contributed by atoms with Crippen LogP contribution in [0.15, 0.2) is 54.6 Å². The number of hydrogen-bond acceptors (Lipinski definition) is 6. The van der Waals surface area contributed by atoms with Crippen LogP contribution in [0.3, 0.4) is 0 Å². The molecule has 0 aliphatic carbocycles. The number of phenolic OH excluding ortho intramolecular Hbond substituents is 1. The summed E-state index contributed by atoms with van der Waals surface area (Å²) in [5, 5.41) is 23.7. The number of nitrogens with one attached hydrogen (secondary N) is 1. The molecule has 3 aromatic rings. The third kappa shape index (κ3) is 6.31. The van der Waals surface area contributed by atoms with Crippen molar-refractivity contribution in [2.75, 3.05) is 13.7 Å². The SMILES string of the molecule is COC(=O)[C@@H]1Cc2cc(O)c(CC(CCO)c3ccc(OC(C)(C)c4cc(F)cc(F)c4)cc3)cc2CN1. The van der Waals surface area contributed by atoms with Crippen molar-refractivity contribution in [3.8, 4) is 11.5 Å². The minimum absolute atomic E-state index is 0.0187. The lowest BCUT2D eigenvalue weighted by Gasteiger charge is -2.28. The highest BCUT2D eigenvalue weighted by Gasteiger charge is 2.27. The normalized spacial score (nSPS) is 16.0. The molecule has 4 rings (SSSR count). The van der Waals surface area contributed by atoms with Crippen LogP contribution in [0.5, 0.6) is 11.5 Å². The second-order valence-electron chi connectivity index (χ2n) is 10.2. The zero-order valence-electron chi connectivity index (χ0n) is 21.8.